The van der Waals surface area contributed by atoms with E-state index in [0.717, 1.165) is 16.5 Å². The Morgan fingerprint density at radius 1 is 1.14 bits per heavy atom. The molecule has 0 fully saturated rings. The first-order valence-corrected chi connectivity index (χ1v) is 9.07. The summed E-state index contributed by atoms with van der Waals surface area (Å²) in [5.74, 6) is 1.95. The highest BCUT2D eigenvalue weighted by atomic mass is 16.5. The number of hydrogen-bond donors (Lipinski definition) is 1. The van der Waals surface area contributed by atoms with Gasteiger partial charge in [-0.1, -0.05) is 0 Å². The van der Waals surface area contributed by atoms with E-state index in [-0.39, 0.29) is 5.56 Å². The summed E-state index contributed by atoms with van der Waals surface area (Å²) in [6, 6.07) is 11.0. The molecular weight excluding hydrogens is 372 g/mol. The van der Waals surface area contributed by atoms with Crippen LogP contribution in [0.1, 0.15) is 12.5 Å². The van der Waals surface area contributed by atoms with E-state index in [1.165, 1.54) is 11.0 Å². The van der Waals surface area contributed by atoms with Gasteiger partial charge in [-0.3, -0.25) is 4.79 Å². The van der Waals surface area contributed by atoms with Crippen molar-refractivity contribution in [1.29, 1.82) is 0 Å². The van der Waals surface area contributed by atoms with Crippen molar-refractivity contribution < 1.29 is 14.2 Å². The number of methoxy groups -OCH3 is 2. The van der Waals surface area contributed by atoms with Crippen LogP contribution in [0.15, 0.2) is 52.6 Å². The Bertz CT molecular complexity index is 1270. The number of fused-ring (bicyclic) bond motifs is 3. The van der Waals surface area contributed by atoms with Crippen LogP contribution in [0.4, 0.5) is 0 Å². The first-order chi connectivity index (χ1) is 14.1. The lowest BCUT2D eigenvalue weighted by Crippen LogP contribution is -2.17. The average molecular weight is 392 g/mol. The second kappa shape index (κ2) is 7.67. The lowest BCUT2D eigenvalue weighted by atomic mass is 10.2. The summed E-state index contributed by atoms with van der Waals surface area (Å²) in [7, 11) is 3.17. The lowest BCUT2D eigenvalue weighted by Gasteiger charge is -2.09. The first-order valence-electron chi connectivity index (χ1n) is 9.07. The Hall–Kier alpha value is -3.81. The standard InChI is InChI=1S/C21H20N4O4/c1-4-29-17-8-5-13(9-18(17)28-3)11-23-25-12-22-19-15-10-14(27-2)6-7-16(15)24-20(19)21(25)26/h5-12,24H,4H2,1-3H3/b23-11+. The van der Waals surface area contributed by atoms with Crippen LogP contribution in [0.5, 0.6) is 17.2 Å². The van der Waals surface area contributed by atoms with Crippen LogP contribution in [0.3, 0.4) is 0 Å². The number of aromatic nitrogens is 3. The fraction of sp³-hybridized carbons (Fsp3) is 0.190. The van der Waals surface area contributed by atoms with E-state index < -0.39 is 0 Å². The Kier molecular flexibility index (Phi) is 4.90. The molecule has 29 heavy (non-hydrogen) atoms. The van der Waals surface area contributed by atoms with Crippen LogP contribution in [0, 0.1) is 0 Å². The normalized spacial score (nSPS) is 11.4. The Morgan fingerprint density at radius 2 is 2.00 bits per heavy atom. The molecule has 0 bridgehead atoms. The third kappa shape index (κ3) is 3.40. The van der Waals surface area contributed by atoms with E-state index in [9.17, 15) is 4.79 Å². The van der Waals surface area contributed by atoms with Crippen LogP contribution in [-0.4, -0.2) is 41.7 Å². The Morgan fingerprint density at radius 3 is 2.76 bits per heavy atom. The number of nitrogens with one attached hydrogen (secondary N) is 1. The summed E-state index contributed by atoms with van der Waals surface area (Å²) in [4.78, 5) is 20.4. The molecule has 8 heteroatoms. The van der Waals surface area contributed by atoms with Crippen molar-refractivity contribution in [3.05, 3.63) is 58.6 Å². The fourth-order valence-electron chi connectivity index (χ4n) is 3.10. The molecule has 0 spiro atoms. The third-order valence-corrected chi connectivity index (χ3v) is 4.52. The summed E-state index contributed by atoms with van der Waals surface area (Å²) in [6.45, 7) is 2.45. The Balaban J connectivity index is 1.72. The topological polar surface area (TPSA) is 90.7 Å². The molecule has 0 atom stereocenters. The maximum Gasteiger partial charge on any atom is 0.298 e. The summed E-state index contributed by atoms with van der Waals surface area (Å²) in [5.41, 5.74) is 2.25. The van der Waals surface area contributed by atoms with Crippen LogP contribution < -0.4 is 19.8 Å². The van der Waals surface area contributed by atoms with Crippen LogP contribution in [0.2, 0.25) is 0 Å². The van der Waals surface area contributed by atoms with Crippen LogP contribution >= 0.6 is 0 Å². The summed E-state index contributed by atoms with van der Waals surface area (Å²) in [6.07, 6.45) is 2.97. The van der Waals surface area contributed by atoms with E-state index in [2.05, 4.69) is 15.1 Å². The van der Waals surface area contributed by atoms with Crippen molar-refractivity contribution >= 4 is 28.2 Å². The highest BCUT2D eigenvalue weighted by Crippen LogP contribution is 2.28. The lowest BCUT2D eigenvalue weighted by molar-refractivity contribution is 0.311. The number of rotatable bonds is 6. The maximum absolute atomic E-state index is 12.8. The highest BCUT2D eigenvalue weighted by molar-refractivity contribution is 6.04. The minimum atomic E-state index is -0.292. The zero-order valence-electron chi connectivity index (χ0n) is 16.3. The monoisotopic (exact) mass is 392 g/mol. The van der Waals surface area contributed by atoms with Crippen molar-refractivity contribution in [2.75, 3.05) is 20.8 Å². The highest BCUT2D eigenvalue weighted by Gasteiger charge is 2.11. The third-order valence-electron chi connectivity index (χ3n) is 4.52. The van der Waals surface area contributed by atoms with Crippen LogP contribution in [-0.2, 0) is 0 Å². The van der Waals surface area contributed by atoms with Gasteiger partial charge in [0.2, 0.25) is 0 Å². The van der Waals surface area contributed by atoms with Crippen molar-refractivity contribution in [3.8, 4) is 17.2 Å². The van der Waals surface area contributed by atoms with Gasteiger partial charge in [-0.25, -0.2) is 4.98 Å². The fourth-order valence-corrected chi connectivity index (χ4v) is 3.10. The average Bonchev–Trinajstić information content (AvgIpc) is 3.13. The van der Waals surface area contributed by atoms with Crippen LogP contribution in [0.25, 0.3) is 21.9 Å². The van der Waals surface area contributed by atoms with Gasteiger partial charge in [0.15, 0.2) is 11.5 Å². The molecule has 1 N–H and O–H groups in total. The Labute approximate surface area is 166 Å². The quantitative estimate of drug-likeness (QED) is 0.509. The SMILES string of the molecule is CCOc1ccc(/C=N/n2cnc3c([nH]c4ccc(OC)cc43)c2=O)cc1OC. The molecule has 0 unspecified atom stereocenters. The smallest absolute Gasteiger partial charge is 0.298 e. The van der Waals surface area contributed by atoms with Gasteiger partial charge in [-0.15, -0.1) is 0 Å². The van der Waals surface area contributed by atoms with Crippen molar-refractivity contribution in [1.82, 2.24) is 14.6 Å². The molecule has 0 amide bonds. The summed E-state index contributed by atoms with van der Waals surface area (Å²) >= 11 is 0. The largest absolute Gasteiger partial charge is 0.497 e. The van der Waals surface area contributed by atoms with Gasteiger partial charge in [0.25, 0.3) is 5.56 Å². The van der Waals surface area contributed by atoms with E-state index >= 15 is 0 Å². The molecule has 8 nitrogen and oxygen atoms in total. The molecule has 4 aromatic rings. The van der Waals surface area contributed by atoms with Gasteiger partial charge in [0.05, 0.1) is 27.0 Å². The van der Waals surface area contributed by atoms with Gasteiger partial charge in [0, 0.05) is 10.9 Å². The van der Waals surface area contributed by atoms with E-state index in [4.69, 9.17) is 14.2 Å². The van der Waals surface area contributed by atoms with Gasteiger partial charge in [0.1, 0.15) is 23.1 Å². The molecular formula is C21H20N4O4. The zero-order valence-corrected chi connectivity index (χ0v) is 16.3. The molecule has 0 radical (unpaired) electrons. The number of nitrogens with zero attached hydrogens (tertiary/aromatic N) is 3. The second-order valence-corrected chi connectivity index (χ2v) is 6.24. The van der Waals surface area contributed by atoms with Crippen molar-refractivity contribution in [2.24, 2.45) is 5.10 Å². The first kappa shape index (κ1) is 18.5. The molecule has 0 aliphatic carbocycles. The molecule has 0 aliphatic heterocycles. The van der Waals surface area contributed by atoms with E-state index in [1.807, 2.05) is 31.2 Å². The van der Waals surface area contributed by atoms with Crippen molar-refractivity contribution in [3.63, 3.8) is 0 Å². The second-order valence-electron chi connectivity index (χ2n) is 6.24. The molecule has 0 aliphatic rings. The number of benzene rings is 2. The molecule has 2 aromatic carbocycles. The molecule has 4 rings (SSSR count). The summed E-state index contributed by atoms with van der Waals surface area (Å²) < 4.78 is 17.3. The minimum absolute atomic E-state index is 0.292. The predicted molar refractivity (Wildman–Crippen MR) is 112 cm³/mol. The zero-order chi connectivity index (χ0) is 20.4. The number of hydrogen-bond acceptors (Lipinski definition) is 6. The number of H-pyrrole nitrogens is 1. The van der Waals surface area contributed by atoms with E-state index in [1.54, 1.807) is 32.6 Å². The number of ether oxygens (including phenoxy) is 3. The molecule has 2 heterocycles. The summed E-state index contributed by atoms with van der Waals surface area (Å²) in [5, 5.41) is 5.08. The van der Waals surface area contributed by atoms with Gasteiger partial charge < -0.3 is 19.2 Å². The predicted octanol–water partition coefficient (Wildman–Crippen LogP) is 3.18. The van der Waals surface area contributed by atoms with Crippen molar-refractivity contribution in [2.45, 2.75) is 6.92 Å². The number of aromatic amines is 1. The van der Waals surface area contributed by atoms with Gasteiger partial charge >= 0.3 is 0 Å². The van der Waals surface area contributed by atoms with Gasteiger partial charge in [-0.2, -0.15) is 9.78 Å². The molecule has 0 saturated heterocycles. The molecule has 0 saturated carbocycles. The van der Waals surface area contributed by atoms with E-state index in [0.29, 0.717) is 34.9 Å². The van der Waals surface area contributed by atoms with Gasteiger partial charge in [-0.05, 0) is 48.9 Å². The molecule has 2 aromatic heterocycles. The maximum atomic E-state index is 12.8. The minimum Gasteiger partial charge on any atom is -0.497 e. The molecule has 148 valence electrons.